The number of para-hydroxylation sites is 1. The average molecular weight is 540 g/mol. The van der Waals surface area contributed by atoms with Crippen LogP contribution < -0.4 is 24.4 Å². The molecule has 9 nitrogen and oxygen atoms in total. The Morgan fingerprint density at radius 2 is 1.66 bits per heavy atom. The Bertz CT molecular complexity index is 1370. The summed E-state index contributed by atoms with van der Waals surface area (Å²) in [5.41, 5.74) is 1.58. The number of nitrogens with one attached hydrogen (secondary N) is 2. The van der Waals surface area contributed by atoms with E-state index in [1.807, 2.05) is 13.8 Å². The second-order valence-corrected chi connectivity index (χ2v) is 10.4. The van der Waals surface area contributed by atoms with Crippen molar-refractivity contribution in [1.29, 1.82) is 0 Å². The normalized spacial score (nSPS) is 10.9. The number of carbonyl (C=O) groups excluding carboxylic acids is 2. The van der Waals surface area contributed by atoms with Crippen molar-refractivity contribution in [2.45, 2.75) is 31.6 Å². The third-order valence-electron chi connectivity index (χ3n) is 5.81. The van der Waals surface area contributed by atoms with Crippen molar-refractivity contribution < 1.29 is 27.5 Å². The molecule has 3 aromatic rings. The number of aryl methyl sites for hydroxylation is 1. The fourth-order valence-electron chi connectivity index (χ4n) is 3.71. The van der Waals surface area contributed by atoms with E-state index >= 15 is 0 Å². The van der Waals surface area contributed by atoms with Gasteiger partial charge in [-0.25, -0.2) is 8.42 Å². The van der Waals surface area contributed by atoms with Crippen LogP contribution in [0, 0.1) is 6.92 Å². The van der Waals surface area contributed by atoms with Crippen LogP contribution in [0.4, 0.5) is 11.4 Å². The highest BCUT2D eigenvalue weighted by atomic mass is 32.2. The summed E-state index contributed by atoms with van der Waals surface area (Å²) in [5.74, 6) is -0.336. The van der Waals surface area contributed by atoms with Crippen molar-refractivity contribution in [1.82, 2.24) is 5.32 Å². The second-order valence-electron chi connectivity index (χ2n) is 8.57. The molecule has 2 amide bonds. The number of hydrogen-bond donors (Lipinski definition) is 2. The van der Waals surface area contributed by atoms with E-state index in [1.54, 1.807) is 48.5 Å². The average Bonchev–Trinajstić information content (AvgIpc) is 2.92. The number of rotatable bonds is 12. The minimum Gasteiger partial charge on any atom is -0.497 e. The third kappa shape index (κ3) is 6.83. The van der Waals surface area contributed by atoms with Crippen LogP contribution in [-0.4, -0.2) is 47.5 Å². The van der Waals surface area contributed by atoms with Crippen LogP contribution in [0.15, 0.2) is 71.6 Å². The van der Waals surface area contributed by atoms with E-state index in [-0.39, 0.29) is 33.5 Å². The van der Waals surface area contributed by atoms with Gasteiger partial charge in [-0.05, 0) is 49.7 Å². The van der Waals surface area contributed by atoms with Gasteiger partial charge in [-0.3, -0.25) is 13.9 Å². The molecule has 0 aliphatic heterocycles. The van der Waals surface area contributed by atoms with Crippen LogP contribution >= 0.6 is 0 Å². The van der Waals surface area contributed by atoms with Crippen LogP contribution in [0.25, 0.3) is 0 Å². The lowest BCUT2D eigenvalue weighted by Crippen LogP contribution is -2.38. The number of anilines is 2. The molecule has 0 aliphatic rings. The highest BCUT2D eigenvalue weighted by Gasteiger charge is 2.30. The lowest BCUT2D eigenvalue weighted by atomic mass is 10.1. The number of carbonyl (C=O) groups is 2. The molecular formula is C28H33N3O6S. The first-order valence-corrected chi connectivity index (χ1v) is 13.6. The molecule has 0 aromatic heterocycles. The predicted molar refractivity (Wildman–Crippen MR) is 148 cm³/mol. The quantitative estimate of drug-likeness (QED) is 0.330. The Kier molecular flexibility index (Phi) is 9.72. The summed E-state index contributed by atoms with van der Waals surface area (Å²) in [5, 5.41) is 5.53. The summed E-state index contributed by atoms with van der Waals surface area (Å²) in [6, 6.07) is 17.6. The molecule has 0 bridgehead atoms. The summed E-state index contributed by atoms with van der Waals surface area (Å²) in [7, 11) is -1.33. The van der Waals surface area contributed by atoms with Crippen LogP contribution in [0.3, 0.4) is 0 Å². The number of amides is 2. The van der Waals surface area contributed by atoms with E-state index in [9.17, 15) is 18.0 Å². The van der Waals surface area contributed by atoms with E-state index in [0.29, 0.717) is 12.3 Å². The molecule has 0 spiro atoms. The fraction of sp³-hybridized carbons (Fsp3) is 0.286. The van der Waals surface area contributed by atoms with Gasteiger partial charge in [0.1, 0.15) is 18.0 Å². The fourth-order valence-corrected chi connectivity index (χ4v) is 5.14. The maximum absolute atomic E-state index is 13.8. The molecule has 0 atom stereocenters. The number of hydrogen-bond acceptors (Lipinski definition) is 6. The maximum atomic E-state index is 13.8. The smallest absolute Gasteiger partial charge is 0.264 e. The molecule has 2 N–H and O–H groups in total. The molecular weight excluding hydrogens is 506 g/mol. The molecule has 38 heavy (non-hydrogen) atoms. The van der Waals surface area contributed by atoms with Gasteiger partial charge < -0.3 is 20.1 Å². The van der Waals surface area contributed by atoms with Crippen LogP contribution in [0.2, 0.25) is 0 Å². The zero-order valence-electron chi connectivity index (χ0n) is 22.0. The Hall–Kier alpha value is -4.05. The van der Waals surface area contributed by atoms with Gasteiger partial charge in [-0.2, -0.15) is 0 Å². The molecule has 0 saturated carbocycles. The van der Waals surface area contributed by atoms with Crippen LogP contribution in [-0.2, 0) is 14.8 Å². The number of nitrogens with zero attached hydrogens (tertiary/aromatic N) is 1. The van der Waals surface area contributed by atoms with Gasteiger partial charge in [0.2, 0.25) is 5.91 Å². The molecule has 0 unspecified atom stereocenters. The molecule has 0 radical (unpaired) electrons. The first kappa shape index (κ1) is 28.5. The largest absolute Gasteiger partial charge is 0.497 e. The van der Waals surface area contributed by atoms with Gasteiger partial charge in [0.05, 0.1) is 36.1 Å². The zero-order chi connectivity index (χ0) is 27.7. The maximum Gasteiger partial charge on any atom is 0.264 e. The van der Waals surface area contributed by atoms with Gasteiger partial charge >= 0.3 is 0 Å². The second kappa shape index (κ2) is 13.0. The molecule has 0 saturated heterocycles. The van der Waals surface area contributed by atoms with Crippen molar-refractivity contribution in [3.63, 3.8) is 0 Å². The standard InChI is InChI=1S/C28H33N3O6S/c1-5-6-17-29-28(33)23-9-7-8-10-24(23)30-27(32)19-31(25-18-21(36-3)13-16-26(25)37-4)38(34,35)22-14-11-20(2)12-15-22/h7-16,18H,5-6,17,19H2,1-4H3,(H,29,33)(H,30,32). The summed E-state index contributed by atoms with van der Waals surface area (Å²) in [6.07, 6.45) is 1.76. The summed E-state index contributed by atoms with van der Waals surface area (Å²) >= 11 is 0. The number of sulfonamides is 1. The minimum absolute atomic E-state index is 0.0106. The Balaban J connectivity index is 1.98. The topological polar surface area (TPSA) is 114 Å². The van der Waals surface area contributed by atoms with Crippen molar-refractivity contribution in [2.75, 3.05) is 36.9 Å². The van der Waals surface area contributed by atoms with E-state index in [2.05, 4.69) is 10.6 Å². The monoisotopic (exact) mass is 539 g/mol. The number of ether oxygens (including phenoxy) is 2. The first-order chi connectivity index (χ1) is 18.2. The van der Waals surface area contributed by atoms with Crippen LogP contribution in [0.5, 0.6) is 11.5 Å². The minimum atomic E-state index is -4.20. The molecule has 0 fully saturated rings. The molecule has 0 heterocycles. The Morgan fingerprint density at radius 3 is 2.32 bits per heavy atom. The lowest BCUT2D eigenvalue weighted by Gasteiger charge is -2.26. The predicted octanol–water partition coefficient (Wildman–Crippen LogP) is 4.38. The van der Waals surface area contributed by atoms with Crippen molar-refractivity contribution >= 4 is 33.2 Å². The highest BCUT2D eigenvalue weighted by molar-refractivity contribution is 7.92. The number of methoxy groups -OCH3 is 2. The van der Waals surface area contributed by atoms with Gasteiger partial charge in [0.15, 0.2) is 0 Å². The molecule has 202 valence electrons. The zero-order valence-corrected chi connectivity index (χ0v) is 22.8. The first-order valence-electron chi connectivity index (χ1n) is 12.2. The SMILES string of the molecule is CCCCNC(=O)c1ccccc1NC(=O)CN(c1cc(OC)ccc1OC)S(=O)(=O)c1ccc(C)cc1. The van der Waals surface area contributed by atoms with Gasteiger partial charge in [-0.1, -0.05) is 43.2 Å². The number of unbranched alkanes of at least 4 members (excludes halogenated alkanes) is 1. The van der Waals surface area contributed by atoms with Crippen molar-refractivity contribution in [3.05, 3.63) is 77.9 Å². The molecule has 3 aromatic carbocycles. The van der Waals surface area contributed by atoms with E-state index in [0.717, 1.165) is 22.7 Å². The van der Waals surface area contributed by atoms with Crippen molar-refractivity contribution in [2.24, 2.45) is 0 Å². The summed E-state index contributed by atoms with van der Waals surface area (Å²) in [6.45, 7) is 3.80. The number of benzene rings is 3. The van der Waals surface area contributed by atoms with E-state index in [1.165, 1.54) is 32.4 Å². The van der Waals surface area contributed by atoms with E-state index in [4.69, 9.17) is 9.47 Å². The van der Waals surface area contributed by atoms with E-state index < -0.39 is 22.5 Å². The molecule has 10 heteroatoms. The van der Waals surface area contributed by atoms with Gasteiger partial charge in [-0.15, -0.1) is 0 Å². The van der Waals surface area contributed by atoms with Gasteiger partial charge in [0.25, 0.3) is 15.9 Å². The molecule has 3 rings (SSSR count). The van der Waals surface area contributed by atoms with Gasteiger partial charge in [0, 0.05) is 12.6 Å². The lowest BCUT2D eigenvalue weighted by molar-refractivity contribution is -0.114. The van der Waals surface area contributed by atoms with Crippen LogP contribution in [0.1, 0.15) is 35.7 Å². The Morgan fingerprint density at radius 1 is 0.947 bits per heavy atom. The summed E-state index contributed by atoms with van der Waals surface area (Å²) < 4.78 is 39.3. The highest BCUT2D eigenvalue weighted by Crippen LogP contribution is 2.35. The summed E-state index contributed by atoms with van der Waals surface area (Å²) in [4.78, 5) is 26.0. The molecule has 0 aliphatic carbocycles. The Labute approximate surface area is 223 Å². The van der Waals surface area contributed by atoms with Crippen molar-refractivity contribution in [3.8, 4) is 11.5 Å². The third-order valence-corrected chi connectivity index (χ3v) is 7.59.